The highest BCUT2D eigenvalue weighted by Crippen LogP contribution is 2.34. The summed E-state index contributed by atoms with van der Waals surface area (Å²) in [5, 5.41) is 16.0. The molecule has 2 aromatic carbocycles. The van der Waals surface area contributed by atoms with Crippen LogP contribution in [0.4, 0.5) is 0 Å². The molecule has 1 N–H and O–H groups in total. The summed E-state index contributed by atoms with van der Waals surface area (Å²) in [6.45, 7) is 2.88. The molecule has 0 bridgehead atoms. The topological polar surface area (TPSA) is 50.9 Å². The predicted octanol–water partition coefficient (Wildman–Crippen LogP) is 3.45. The van der Waals surface area contributed by atoms with Crippen LogP contribution in [0, 0.1) is 0 Å². The second-order valence-corrected chi connectivity index (χ2v) is 5.43. The Hall–Kier alpha value is -2.01. The highest BCUT2D eigenvalue weighted by atomic mass is 32.2. The van der Waals surface area contributed by atoms with Gasteiger partial charge in [0.15, 0.2) is 0 Å². The Balaban J connectivity index is 1.90. The molecule has 1 aromatic heterocycles. The first-order chi connectivity index (χ1) is 9.79. The van der Waals surface area contributed by atoms with Gasteiger partial charge < -0.3 is 5.11 Å². The van der Waals surface area contributed by atoms with Crippen LogP contribution in [0.1, 0.15) is 12.7 Å². The van der Waals surface area contributed by atoms with Gasteiger partial charge >= 0.3 is 0 Å². The van der Waals surface area contributed by atoms with Gasteiger partial charge in [-0.25, -0.2) is 9.67 Å². The molecule has 0 amide bonds. The number of aryl methyl sites for hydroxylation is 1. The number of nitrogens with zero attached hydrogens (tertiary/aromatic N) is 3. The van der Waals surface area contributed by atoms with Crippen molar-refractivity contribution < 1.29 is 5.11 Å². The molecule has 5 heteroatoms. The maximum atomic E-state index is 9.89. The van der Waals surface area contributed by atoms with Gasteiger partial charge in [-0.2, -0.15) is 5.10 Å². The van der Waals surface area contributed by atoms with Crippen LogP contribution in [0.5, 0.6) is 5.75 Å². The summed E-state index contributed by atoms with van der Waals surface area (Å²) in [6, 6.07) is 11.6. The van der Waals surface area contributed by atoms with Crippen LogP contribution in [0.2, 0.25) is 0 Å². The first kappa shape index (κ1) is 13.0. The number of aromatic hydroxyl groups is 1. The van der Waals surface area contributed by atoms with E-state index in [-0.39, 0.29) is 0 Å². The number of aromatic nitrogens is 3. The number of benzene rings is 2. The van der Waals surface area contributed by atoms with E-state index < -0.39 is 0 Å². The van der Waals surface area contributed by atoms with Crippen molar-refractivity contribution in [3.63, 3.8) is 0 Å². The van der Waals surface area contributed by atoms with Crippen LogP contribution < -0.4 is 0 Å². The van der Waals surface area contributed by atoms with Crippen LogP contribution in [-0.2, 0) is 12.3 Å². The minimum absolute atomic E-state index is 0.321. The smallest absolute Gasteiger partial charge is 0.138 e. The average Bonchev–Trinajstić information content (AvgIpc) is 2.94. The summed E-state index contributed by atoms with van der Waals surface area (Å²) >= 11 is 1.71. The second-order valence-electron chi connectivity index (χ2n) is 4.41. The van der Waals surface area contributed by atoms with Crippen LogP contribution >= 0.6 is 11.8 Å². The van der Waals surface area contributed by atoms with E-state index in [2.05, 4.69) is 17.0 Å². The molecule has 0 aliphatic heterocycles. The van der Waals surface area contributed by atoms with Gasteiger partial charge in [0.1, 0.15) is 17.9 Å². The molecule has 0 radical (unpaired) electrons. The first-order valence-corrected chi connectivity index (χ1v) is 7.48. The molecule has 20 heavy (non-hydrogen) atoms. The summed E-state index contributed by atoms with van der Waals surface area (Å²) in [5.74, 6) is 2.05. The van der Waals surface area contributed by atoms with Crippen molar-refractivity contribution in [3.8, 4) is 5.75 Å². The molecule has 3 rings (SSSR count). The van der Waals surface area contributed by atoms with Crippen molar-refractivity contribution in [1.82, 2.24) is 14.8 Å². The SMILES string of the molecule is CCn1ncnc1CSc1ccc(O)c2ccccc12. The molecule has 0 saturated heterocycles. The van der Waals surface area contributed by atoms with Gasteiger partial charge in [-0.1, -0.05) is 24.3 Å². The van der Waals surface area contributed by atoms with E-state index in [9.17, 15) is 5.11 Å². The third-order valence-electron chi connectivity index (χ3n) is 3.21. The summed E-state index contributed by atoms with van der Waals surface area (Å²) in [4.78, 5) is 5.42. The maximum absolute atomic E-state index is 9.89. The molecule has 0 atom stereocenters. The van der Waals surface area contributed by atoms with E-state index >= 15 is 0 Å². The van der Waals surface area contributed by atoms with E-state index in [1.807, 2.05) is 35.0 Å². The van der Waals surface area contributed by atoms with Crippen molar-refractivity contribution in [3.05, 3.63) is 48.5 Å². The average molecular weight is 285 g/mol. The number of thioether (sulfide) groups is 1. The van der Waals surface area contributed by atoms with E-state index in [1.54, 1.807) is 24.2 Å². The molecule has 0 saturated carbocycles. The lowest BCUT2D eigenvalue weighted by atomic mass is 10.1. The zero-order valence-corrected chi connectivity index (χ0v) is 12.0. The van der Waals surface area contributed by atoms with Gasteiger partial charge in [-0.3, -0.25) is 0 Å². The van der Waals surface area contributed by atoms with Gasteiger partial charge in [0, 0.05) is 16.8 Å². The third kappa shape index (κ3) is 2.36. The van der Waals surface area contributed by atoms with Crippen molar-refractivity contribution in [1.29, 1.82) is 0 Å². The Morgan fingerprint density at radius 2 is 1.95 bits per heavy atom. The summed E-state index contributed by atoms with van der Waals surface area (Å²) in [7, 11) is 0. The molecule has 0 aliphatic rings. The fourth-order valence-corrected chi connectivity index (χ4v) is 3.19. The number of phenols is 1. The summed E-state index contributed by atoms with van der Waals surface area (Å²) < 4.78 is 1.90. The number of fused-ring (bicyclic) bond motifs is 1. The molecule has 3 aromatic rings. The number of rotatable bonds is 4. The van der Waals surface area contributed by atoms with Crippen molar-refractivity contribution in [2.24, 2.45) is 0 Å². The van der Waals surface area contributed by atoms with Gasteiger partial charge in [-0.05, 0) is 24.4 Å². The fraction of sp³-hybridized carbons (Fsp3) is 0.200. The number of hydrogen-bond acceptors (Lipinski definition) is 4. The second kappa shape index (κ2) is 5.54. The monoisotopic (exact) mass is 285 g/mol. The number of phenolic OH excluding ortho intramolecular Hbond substituents is 1. The zero-order chi connectivity index (χ0) is 13.9. The Morgan fingerprint density at radius 3 is 2.75 bits per heavy atom. The Bertz CT molecular complexity index is 739. The van der Waals surface area contributed by atoms with Crippen LogP contribution in [0.3, 0.4) is 0 Å². The molecule has 0 fully saturated rings. The standard InChI is InChI=1S/C15H15N3OS/c1-2-18-15(16-10-17-18)9-20-14-8-7-13(19)11-5-3-4-6-12(11)14/h3-8,10,19H,2,9H2,1H3. The lowest BCUT2D eigenvalue weighted by Gasteiger charge is -2.08. The summed E-state index contributed by atoms with van der Waals surface area (Å²) in [5.41, 5.74) is 0. The zero-order valence-electron chi connectivity index (χ0n) is 11.2. The van der Waals surface area contributed by atoms with Crippen molar-refractivity contribution in [2.75, 3.05) is 0 Å². The van der Waals surface area contributed by atoms with E-state index in [4.69, 9.17) is 0 Å². The number of hydrogen-bond donors (Lipinski definition) is 1. The minimum Gasteiger partial charge on any atom is -0.507 e. The lowest BCUT2D eigenvalue weighted by Crippen LogP contribution is -2.02. The summed E-state index contributed by atoms with van der Waals surface area (Å²) in [6.07, 6.45) is 1.59. The lowest BCUT2D eigenvalue weighted by molar-refractivity contribution is 0.481. The van der Waals surface area contributed by atoms with Gasteiger partial charge in [0.2, 0.25) is 0 Å². The molecule has 4 nitrogen and oxygen atoms in total. The van der Waals surface area contributed by atoms with Crippen molar-refractivity contribution >= 4 is 22.5 Å². The molecule has 102 valence electrons. The van der Waals surface area contributed by atoms with Crippen LogP contribution in [-0.4, -0.2) is 19.9 Å². The van der Waals surface area contributed by atoms with Crippen LogP contribution in [0.25, 0.3) is 10.8 Å². The van der Waals surface area contributed by atoms with Gasteiger partial charge in [0.05, 0.1) is 5.75 Å². The quantitative estimate of drug-likeness (QED) is 0.746. The van der Waals surface area contributed by atoms with E-state index in [0.29, 0.717) is 5.75 Å². The largest absolute Gasteiger partial charge is 0.507 e. The highest BCUT2D eigenvalue weighted by molar-refractivity contribution is 7.98. The highest BCUT2D eigenvalue weighted by Gasteiger charge is 2.08. The normalized spacial score (nSPS) is 11.1. The first-order valence-electron chi connectivity index (χ1n) is 6.49. The Morgan fingerprint density at radius 1 is 1.15 bits per heavy atom. The third-order valence-corrected chi connectivity index (χ3v) is 4.28. The van der Waals surface area contributed by atoms with Gasteiger partial charge in [-0.15, -0.1) is 11.8 Å². The molecular weight excluding hydrogens is 270 g/mol. The van der Waals surface area contributed by atoms with Crippen molar-refractivity contribution in [2.45, 2.75) is 24.1 Å². The Labute approximate surface area is 121 Å². The maximum Gasteiger partial charge on any atom is 0.138 e. The molecule has 0 aliphatic carbocycles. The predicted molar refractivity (Wildman–Crippen MR) is 80.9 cm³/mol. The van der Waals surface area contributed by atoms with E-state index in [0.717, 1.165) is 33.8 Å². The van der Waals surface area contributed by atoms with E-state index in [1.165, 1.54) is 0 Å². The Kier molecular flexibility index (Phi) is 3.60. The molecule has 1 heterocycles. The van der Waals surface area contributed by atoms with Gasteiger partial charge in [0.25, 0.3) is 0 Å². The molecule has 0 unspecified atom stereocenters. The fourth-order valence-electron chi connectivity index (χ4n) is 2.19. The molecular formula is C15H15N3OS. The minimum atomic E-state index is 0.321. The van der Waals surface area contributed by atoms with Crippen LogP contribution in [0.15, 0.2) is 47.6 Å². The molecule has 0 spiro atoms.